The zero-order chi connectivity index (χ0) is 11.4. The number of hydrogen-bond donors (Lipinski definition) is 2. The molecular weight excluding hydrogens is 200 g/mol. The van der Waals surface area contributed by atoms with E-state index in [1.165, 1.54) is 13.2 Å². The zero-order valence-corrected chi connectivity index (χ0v) is 8.06. The van der Waals surface area contributed by atoms with Crippen LogP contribution in [0, 0.1) is 0 Å². The summed E-state index contributed by atoms with van der Waals surface area (Å²) in [6, 6.07) is 2.27. The molecule has 0 radical (unpaired) electrons. The third kappa shape index (κ3) is 2.46. The molecule has 1 aromatic rings. The van der Waals surface area contributed by atoms with Crippen molar-refractivity contribution in [2.75, 3.05) is 7.11 Å². The molecule has 0 atom stereocenters. The Balaban J connectivity index is 3.14. The number of ether oxygens (including phenoxy) is 1. The van der Waals surface area contributed by atoms with E-state index in [2.05, 4.69) is 4.74 Å². The van der Waals surface area contributed by atoms with Gasteiger partial charge in [0.2, 0.25) is 0 Å². The van der Waals surface area contributed by atoms with Crippen LogP contribution in [0.15, 0.2) is 12.1 Å². The number of hydrogen-bond acceptors (Lipinski definition) is 5. The van der Waals surface area contributed by atoms with Gasteiger partial charge in [-0.25, -0.2) is 0 Å². The lowest BCUT2D eigenvalue weighted by molar-refractivity contribution is -0.139. The Labute approximate surface area is 85.9 Å². The molecule has 0 bridgehead atoms. The number of aldehydes is 1. The molecule has 0 aromatic heterocycles. The number of esters is 1. The monoisotopic (exact) mass is 210 g/mol. The van der Waals surface area contributed by atoms with Crippen molar-refractivity contribution in [2.45, 2.75) is 6.42 Å². The van der Waals surface area contributed by atoms with Crippen LogP contribution in [0.25, 0.3) is 0 Å². The summed E-state index contributed by atoms with van der Waals surface area (Å²) in [5.41, 5.74) is 0.215. The van der Waals surface area contributed by atoms with Crippen molar-refractivity contribution >= 4 is 12.3 Å². The van der Waals surface area contributed by atoms with Gasteiger partial charge in [-0.1, -0.05) is 0 Å². The fraction of sp³-hybridized carbons (Fsp3) is 0.200. The van der Waals surface area contributed by atoms with E-state index in [-0.39, 0.29) is 29.0 Å². The highest BCUT2D eigenvalue weighted by Crippen LogP contribution is 2.26. The van der Waals surface area contributed by atoms with Crippen LogP contribution in [-0.4, -0.2) is 29.6 Å². The van der Waals surface area contributed by atoms with Crippen molar-refractivity contribution in [3.8, 4) is 11.5 Å². The smallest absolute Gasteiger partial charge is 0.310 e. The molecule has 2 N–H and O–H groups in total. The summed E-state index contributed by atoms with van der Waals surface area (Å²) < 4.78 is 4.42. The summed E-state index contributed by atoms with van der Waals surface area (Å²) >= 11 is 0. The first-order valence-corrected chi connectivity index (χ1v) is 4.15. The zero-order valence-electron chi connectivity index (χ0n) is 8.06. The van der Waals surface area contributed by atoms with Crippen LogP contribution < -0.4 is 0 Å². The van der Waals surface area contributed by atoms with Crippen molar-refractivity contribution in [3.63, 3.8) is 0 Å². The highest BCUT2D eigenvalue weighted by molar-refractivity contribution is 5.85. The first kappa shape index (κ1) is 11.0. The predicted octanol–water partition coefficient (Wildman–Crippen LogP) is 0.626. The van der Waals surface area contributed by atoms with Gasteiger partial charge in [0.15, 0.2) is 6.29 Å². The summed E-state index contributed by atoms with van der Waals surface area (Å²) in [6.07, 6.45) is 0.250. The molecule has 80 valence electrons. The van der Waals surface area contributed by atoms with Crippen LogP contribution in [0.5, 0.6) is 11.5 Å². The predicted molar refractivity (Wildman–Crippen MR) is 50.9 cm³/mol. The Morgan fingerprint density at radius 3 is 2.67 bits per heavy atom. The standard InChI is InChI=1S/C10H10O5/c1-15-10(14)3-6-2-7(12)4-9(13)8(6)5-11/h2,4-5,12-13H,3H2,1H3. The second-order valence-electron chi connectivity index (χ2n) is 2.91. The van der Waals surface area contributed by atoms with Crippen LogP contribution in [0.1, 0.15) is 15.9 Å². The number of benzene rings is 1. The normalized spacial score (nSPS) is 9.67. The Kier molecular flexibility index (Phi) is 3.28. The van der Waals surface area contributed by atoms with Gasteiger partial charge in [0, 0.05) is 6.07 Å². The second kappa shape index (κ2) is 4.45. The fourth-order valence-corrected chi connectivity index (χ4v) is 1.19. The average molecular weight is 210 g/mol. The maximum atomic E-state index is 11.0. The number of carbonyl (C=O) groups excluding carboxylic acids is 2. The fourth-order valence-electron chi connectivity index (χ4n) is 1.19. The molecule has 0 aliphatic carbocycles. The lowest BCUT2D eigenvalue weighted by Gasteiger charge is -2.06. The van der Waals surface area contributed by atoms with Gasteiger partial charge in [-0.3, -0.25) is 9.59 Å². The van der Waals surface area contributed by atoms with E-state index in [0.717, 1.165) is 6.07 Å². The number of rotatable bonds is 3. The molecule has 15 heavy (non-hydrogen) atoms. The molecule has 0 aliphatic rings. The summed E-state index contributed by atoms with van der Waals surface area (Å²) in [6.45, 7) is 0. The molecule has 0 heterocycles. The number of phenolic OH excluding ortho intramolecular Hbond substituents is 2. The minimum atomic E-state index is -0.553. The van der Waals surface area contributed by atoms with E-state index in [1.54, 1.807) is 0 Å². The molecule has 0 saturated carbocycles. The van der Waals surface area contributed by atoms with Crippen LogP contribution in [0.4, 0.5) is 0 Å². The van der Waals surface area contributed by atoms with Crippen molar-refractivity contribution in [1.29, 1.82) is 0 Å². The molecule has 1 aromatic carbocycles. The van der Waals surface area contributed by atoms with Crippen molar-refractivity contribution in [1.82, 2.24) is 0 Å². The molecule has 0 spiro atoms. The molecule has 1 rings (SSSR count). The van der Waals surface area contributed by atoms with Crippen LogP contribution in [0.2, 0.25) is 0 Å². The number of carbonyl (C=O) groups is 2. The summed E-state index contributed by atoms with van der Waals surface area (Å²) in [5.74, 6) is -1.12. The largest absolute Gasteiger partial charge is 0.508 e. The van der Waals surface area contributed by atoms with Gasteiger partial charge in [0.1, 0.15) is 11.5 Å². The minimum absolute atomic E-state index is 0.0156. The SMILES string of the molecule is COC(=O)Cc1cc(O)cc(O)c1C=O. The maximum Gasteiger partial charge on any atom is 0.310 e. The first-order chi connectivity index (χ1) is 7.08. The summed E-state index contributed by atoms with van der Waals surface area (Å²) in [5, 5.41) is 18.5. The number of aromatic hydroxyl groups is 2. The summed E-state index contributed by atoms with van der Waals surface area (Å²) in [7, 11) is 1.21. The van der Waals surface area contributed by atoms with Crippen molar-refractivity contribution < 1.29 is 24.5 Å². The van der Waals surface area contributed by atoms with Gasteiger partial charge in [0.05, 0.1) is 19.1 Å². The van der Waals surface area contributed by atoms with Crippen LogP contribution >= 0.6 is 0 Å². The first-order valence-electron chi connectivity index (χ1n) is 4.15. The van der Waals surface area contributed by atoms with Gasteiger partial charge in [-0.05, 0) is 11.6 Å². The highest BCUT2D eigenvalue weighted by Gasteiger charge is 2.13. The van der Waals surface area contributed by atoms with E-state index in [4.69, 9.17) is 0 Å². The molecule has 0 fully saturated rings. The molecule has 0 saturated heterocycles. The Morgan fingerprint density at radius 1 is 1.47 bits per heavy atom. The lowest BCUT2D eigenvalue weighted by Crippen LogP contribution is -2.06. The molecule has 0 aliphatic heterocycles. The maximum absolute atomic E-state index is 11.0. The van der Waals surface area contributed by atoms with E-state index >= 15 is 0 Å². The molecule has 0 unspecified atom stereocenters. The van der Waals surface area contributed by atoms with E-state index in [1.807, 2.05) is 0 Å². The van der Waals surface area contributed by atoms with E-state index in [0.29, 0.717) is 6.29 Å². The number of methoxy groups -OCH3 is 1. The summed E-state index contributed by atoms with van der Waals surface area (Å²) in [4.78, 5) is 21.6. The molecule has 5 nitrogen and oxygen atoms in total. The quantitative estimate of drug-likeness (QED) is 0.564. The third-order valence-corrected chi connectivity index (χ3v) is 1.91. The highest BCUT2D eigenvalue weighted by atomic mass is 16.5. The molecule has 5 heteroatoms. The van der Waals surface area contributed by atoms with Gasteiger partial charge >= 0.3 is 5.97 Å². The van der Waals surface area contributed by atoms with E-state index < -0.39 is 5.97 Å². The Hall–Kier alpha value is -2.04. The van der Waals surface area contributed by atoms with Crippen LogP contribution in [0.3, 0.4) is 0 Å². The third-order valence-electron chi connectivity index (χ3n) is 1.91. The van der Waals surface area contributed by atoms with Crippen LogP contribution in [-0.2, 0) is 16.0 Å². The minimum Gasteiger partial charge on any atom is -0.508 e. The van der Waals surface area contributed by atoms with Crippen molar-refractivity contribution in [2.24, 2.45) is 0 Å². The van der Waals surface area contributed by atoms with Crippen molar-refractivity contribution in [3.05, 3.63) is 23.3 Å². The Bertz CT molecular complexity index is 397. The second-order valence-corrected chi connectivity index (χ2v) is 2.91. The van der Waals surface area contributed by atoms with Gasteiger partial charge in [-0.2, -0.15) is 0 Å². The topological polar surface area (TPSA) is 83.8 Å². The number of phenols is 2. The molecule has 0 amide bonds. The van der Waals surface area contributed by atoms with Gasteiger partial charge in [-0.15, -0.1) is 0 Å². The lowest BCUT2D eigenvalue weighted by atomic mass is 10.0. The van der Waals surface area contributed by atoms with Gasteiger partial charge < -0.3 is 14.9 Å². The average Bonchev–Trinajstić information content (AvgIpc) is 2.17. The molecular formula is C10H10O5. The Morgan fingerprint density at radius 2 is 2.13 bits per heavy atom. The van der Waals surface area contributed by atoms with E-state index in [9.17, 15) is 19.8 Å². The van der Waals surface area contributed by atoms with Gasteiger partial charge in [0.25, 0.3) is 0 Å².